The summed E-state index contributed by atoms with van der Waals surface area (Å²) in [7, 11) is 3.72. The van der Waals surface area contributed by atoms with E-state index in [1.165, 1.54) is 0 Å². The average molecular weight is 344 g/mol. The fraction of sp³-hybridized carbons (Fsp3) is 0.444. The van der Waals surface area contributed by atoms with Gasteiger partial charge in [0.1, 0.15) is 17.2 Å². The summed E-state index contributed by atoms with van der Waals surface area (Å²) in [6.07, 6.45) is 3.69. The molecule has 1 amide bonds. The second kappa shape index (κ2) is 8.02. The van der Waals surface area contributed by atoms with E-state index in [-0.39, 0.29) is 18.7 Å². The van der Waals surface area contributed by atoms with Gasteiger partial charge in [-0.15, -0.1) is 0 Å². The Morgan fingerprint density at radius 3 is 2.56 bits per heavy atom. The topological polar surface area (TPSA) is 68.6 Å². The van der Waals surface area contributed by atoms with Crippen LogP contribution >= 0.6 is 0 Å². The first-order valence-corrected chi connectivity index (χ1v) is 8.44. The van der Waals surface area contributed by atoms with Crippen LogP contribution in [0.15, 0.2) is 36.5 Å². The third-order valence-electron chi connectivity index (χ3n) is 4.35. The van der Waals surface area contributed by atoms with Gasteiger partial charge >= 0.3 is 0 Å². The molecule has 1 fully saturated rings. The molecular formula is C18H24N4O3. The van der Waals surface area contributed by atoms with Gasteiger partial charge < -0.3 is 19.7 Å². The molecule has 0 unspecified atom stereocenters. The fourth-order valence-electron chi connectivity index (χ4n) is 2.78. The zero-order valence-corrected chi connectivity index (χ0v) is 14.6. The minimum atomic E-state index is -0.127. The van der Waals surface area contributed by atoms with Gasteiger partial charge in [0.25, 0.3) is 5.91 Å². The van der Waals surface area contributed by atoms with Gasteiger partial charge in [0.15, 0.2) is 6.73 Å². The molecule has 0 radical (unpaired) electrons. The zero-order chi connectivity index (χ0) is 17.6. The number of carbonyl (C=O) groups excluding carboxylic acids is 1. The number of likely N-dealkylation sites (tertiary alicyclic amines) is 1. The third-order valence-corrected chi connectivity index (χ3v) is 4.35. The molecule has 0 saturated carbocycles. The van der Waals surface area contributed by atoms with Crippen LogP contribution in [0.1, 0.15) is 23.3 Å². The molecule has 1 N–H and O–H groups in total. The Kier molecular flexibility index (Phi) is 5.55. The number of methoxy groups -OCH3 is 1. The number of benzene rings is 1. The highest BCUT2D eigenvalue weighted by atomic mass is 16.5. The van der Waals surface area contributed by atoms with Crippen molar-refractivity contribution in [1.29, 1.82) is 0 Å². The molecule has 3 rings (SSSR count). The average Bonchev–Trinajstić information content (AvgIpc) is 3.11. The number of nitrogens with one attached hydrogen (secondary N) is 1. The van der Waals surface area contributed by atoms with Crippen LogP contribution in [-0.4, -0.2) is 53.9 Å². The Bertz CT molecular complexity index is 691. The highest BCUT2D eigenvalue weighted by molar-refractivity contribution is 5.92. The van der Waals surface area contributed by atoms with Crippen molar-refractivity contribution in [2.24, 2.45) is 0 Å². The number of carbonyl (C=O) groups is 1. The predicted molar refractivity (Wildman–Crippen MR) is 93.8 cm³/mol. The molecule has 1 aliphatic heterocycles. The standard InChI is InChI=1S/C18H24N4O3/c1-21-10-7-14(8-11-21)19-18(23)17-9-12-22(20-17)13-25-16-5-3-15(24-2)4-6-16/h3-6,9,12,14H,7-8,10-11,13H2,1-2H3,(H,19,23). The van der Waals surface area contributed by atoms with Gasteiger partial charge in [-0.25, -0.2) is 4.68 Å². The van der Waals surface area contributed by atoms with Crippen molar-refractivity contribution >= 4 is 5.91 Å². The molecule has 1 saturated heterocycles. The van der Waals surface area contributed by atoms with Crippen LogP contribution in [0.2, 0.25) is 0 Å². The predicted octanol–water partition coefficient (Wildman–Crippen LogP) is 1.75. The maximum Gasteiger partial charge on any atom is 0.271 e. The Balaban J connectivity index is 1.50. The summed E-state index contributed by atoms with van der Waals surface area (Å²) in [5.74, 6) is 1.37. The van der Waals surface area contributed by atoms with Crippen molar-refractivity contribution in [3.63, 3.8) is 0 Å². The molecule has 1 aliphatic rings. The number of nitrogens with zero attached hydrogens (tertiary/aromatic N) is 3. The summed E-state index contributed by atoms with van der Waals surface area (Å²) < 4.78 is 12.4. The van der Waals surface area contributed by atoms with Crippen LogP contribution in [0.3, 0.4) is 0 Å². The van der Waals surface area contributed by atoms with E-state index in [0.29, 0.717) is 11.4 Å². The molecule has 0 aliphatic carbocycles. The highest BCUT2D eigenvalue weighted by Gasteiger charge is 2.20. The van der Waals surface area contributed by atoms with Crippen molar-refractivity contribution < 1.29 is 14.3 Å². The summed E-state index contributed by atoms with van der Waals surface area (Å²) in [6, 6.07) is 9.26. The van der Waals surface area contributed by atoms with Crippen LogP contribution < -0.4 is 14.8 Å². The number of ether oxygens (including phenoxy) is 2. The van der Waals surface area contributed by atoms with Gasteiger partial charge in [-0.05, 0) is 63.3 Å². The lowest BCUT2D eigenvalue weighted by molar-refractivity contribution is 0.0909. The van der Waals surface area contributed by atoms with Crippen molar-refractivity contribution in [2.75, 3.05) is 27.2 Å². The highest BCUT2D eigenvalue weighted by Crippen LogP contribution is 2.17. The van der Waals surface area contributed by atoms with Crippen LogP contribution in [-0.2, 0) is 6.73 Å². The summed E-state index contributed by atoms with van der Waals surface area (Å²) in [5.41, 5.74) is 0.414. The normalized spacial score (nSPS) is 15.8. The molecule has 1 aromatic heterocycles. The molecule has 2 heterocycles. The van der Waals surface area contributed by atoms with E-state index >= 15 is 0 Å². The summed E-state index contributed by atoms with van der Waals surface area (Å²) in [4.78, 5) is 14.6. The first-order chi connectivity index (χ1) is 12.1. The molecule has 7 heteroatoms. The van der Waals surface area contributed by atoms with Crippen molar-refractivity contribution in [3.05, 3.63) is 42.2 Å². The van der Waals surface area contributed by atoms with E-state index < -0.39 is 0 Å². The van der Waals surface area contributed by atoms with Gasteiger partial charge in [0.05, 0.1) is 7.11 Å². The largest absolute Gasteiger partial charge is 0.497 e. The first kappa shape index (κ1) is 17.3. The fourth-order valence-corrected chi connectivity index (χ4v) is 2.78. The van der Waals surface area contributed by atoms with E-state index in [1.54, 1.807) is 24.1 Å². The molecule has 0 spiro atoms. The van der Waals surface area contributed by atoms with Crippen LogP contribution in [0.5, 0.6) is 11.5 Å². The number of hydrogen-bond donors (Lipinski definition) is 1. The Morgan fingerprint density at radius 2 is 1.88 bits per heavy atom. The number of piperidine rings is 1. The summed E-state index contributed by atoms with van der Waals surface area (Å²) >= 11 is 0. The molecule has 2 aromatic rings. The summed E-state index contributed by atoms with van der Waals surface area (Å²) in [5, 5.41) is 7.34. The minimum absolute atomic E-state index is 0.127. The first-order valence-electron chi connectivity index (χ1n) is 8.44. The van der Waals surface area contributed by atoms with Gasteiger partial charge in [-0.1, -0.05) is 0 Å². The maximum atomic E-state index is 12.3. The number of hydrogen-bond acceptors (Lipinski definition) is 5. The smallest absolute Gasteiger partial charge is 0.271 e. The van der Waals surface area contributed by atoms with Gasteiger partial charge in [-0.3, -0.25) is 4.79 Å². The quantitative estimate of drug-likeness (QED) is 0.865. The molecule has 1 aromatic carbocycles. The molecular weight excluding hydrogens is 320 g/mol. The molecule has 0 bridgehead atoms. The number of aromatic nitrogens is 2. The second-order valence-corrected chi connectivity index (χ2v) is 6.24. The maximum absolute atomic E-state index is 12.3. The SMILES string of the molecule is COc1ccc(OCn2ccc(C(=O)NC3CCN(C)CC3)n2)cc1. The van der Waals surface area contributed by atoms with Crippen LogP contribution in [0, 0.1) is 0 Å². The Hall–Kier alpha value is -2.54. The van der Waals surface area contributed by atoms with E-state index in [4.69, 9.17) is 9.47 Å². The lowest BCUT2D eigenvalue weighted by Gasteiger charge is -2.29. The van der Waals surface area contributed by atoms with Gasteiger partial charge in [0.2, 0.25) is 0 Å². The van der Waals surface area contributed by atoms with Crippen molar-refractivity contribution in [1.82, 2.24) is 20.0 Å². The van der Waals surface area contributed by atoms with Gasteiger partial charge in [0, 0.05) is 12.2 Å². The number of amides is 1. The molecule has 0 atom stereocenters. The molecule has 7 nitrogen and oxygen atoms in total. The van der Waals surface area contributed by atoms with E-state index in [1.807, 2.05) is 24.3 Å². The number of rotatable bonds is 6. The lowest BCUT2D eigenvalue weighted by Crippen LogP contribution is -2.43. The van der Waals surface area contributed by atoms with Crippen LogP contribution in [0.25, 0.3) is 0 Å². The van der Waals surface area contributed by atoms with Gasteiger partial charge in [-0.2, -0.15) is 5.10 Å². The lowest BCUT2D eigenvalue weighted by atomic mass is 10.1. The Morgan fingerprint density at radius 1 is 1.20 bits per heavy atom. The monoisotopic (exact) mass is 344 g/mol. The van der Waals surface area contributed by atoms with Crippen LogP contribution in [0.4, 0.5) is 0 Å². The minimum Gasteiger partial charge on any atom is -0.497 e. The van der Waals surface area contributed by atoms with E-state index in [0.717, 1.165) is 31.7 Å². The van der Waals surface area contributed by atoms with E-state index in [2.05, 4.69) is 22.4 Å². The Labute approximate surface area is 147 Å². The molecule has 25 heavy (non-hydrogen) atoms. The van der Waals surface area contributed by atoms with Crippen molar-refractivity contribution in [3.8, 4) is 11.5 Å². The second-order valence-electron chi connectivity index (χ2n) is 6.24. The summed E-state index contributed by atoms with van der Waals surface area (Å²) in [6.45, 7) is 2.26. The van der Waals surface area contributed by atoms with E-state index in [9.17, 15) is 4.79 Å². The van der Waals surface area contributed by atoms with Crippen molar-refractivity contribution in [2.45, 2.75) is 25.6 Å². The third kappa shape index (κ3) is 4.73. The zero-order valence-electron chi connectivity index (χ0n) is 14.6. The molecule has 134 valence electrons.